The topological polar surface area (TPSA) is 95.9 Å². The summed E-state index contributed by atoms with van der Waals surface area (Å²) in [6, 6.07) is 40.4. The van der Waals surface area contributed by atoms with Crippen LogP contribution in [0.15, 0.2) is 115 Å². The van der Waals surface area contributed by atoms with E-state index in [0.717, 1.165) is 31.7 Å². The summed E-state index contributed by atoms with van der Waals surface area (Å²) in [6.45, 7) is 2.57. The van der Waals surface area contributed by atoms with E-state index in [1.54, 1.807) is 0 Å². The van der Waals surface area contributed by atoms with Crippen molar-refractivity contribution < 1.29 is 24.5 Å². The Bertz CT molecular complexity index is 1180. The number of carboxylic acids is 2. The van der Waals surface area contributed by atoms with Gasteiger partial charge in [-0.15, -0.1) is 0 Å². The molecule has 0 aromatic heterocycles. The van der Waals surface area contributed by atoms with Crippen LogP contribution in [-0.4, -0.2) is 35.2 Å². The van der Waals surface area contributed by atoms with Crippen LogP contribution >= 0.6 is 0 Å². The largest absolute Gasteiger partial charge is 0.489 e. The van der Waals surface area contributed by atoms with Crippen molar-refractivity contribution in [3.63, 3.8) is 0 Å². The highest BCUT2D eigenvalue weighted by Gasteiger charge is 2.13. The van der Waals surface area contributed by atoms with Crippen LogP contribution < -0.4 is 10.1 Å². The van der Waals surface area contributed by atoms with E-state index < -0.39 is 11.9 Å². The van der Waals surface area contributed by atoms with Crippen LogP contribution in [0.4, 0.5) is 0 Å². The van der Waals surface area contributed by atoms with E-state index in [9.17, 15) is 0 Å². The molecule has 0 radical (unpaired) electrons. The van der Waals surface area contributed by atoms with Gasteiger partial charge in [0.2, 0.25) is 0 Å². The number of rotatable bonds is 11. The molecule has 0 aliphatic heterocycles. The standard InChI is InChI=1S/C30H31NO.C2H2O4/c1-4-10-26(11-5-1)24-32-29-18-16-25(17-19-29)20-22-31-23-21-30(27-12-6-2-7-13-27)28-14-8-3-9-15-28;3-1(4)2(5)6/h1-19,30-31H,20-24H2;(H,3,4)(H,5,6). The summed E-state index contributed by atoms with van der Waals surface area (Å²) in [6.07, 6.45) is 2.10. The fourth-order valence-corrected chi connectivity index (χ4v) is 3.99. The lowest BCUT2D eigenvalue weighted by Gasteiger charge is -2.18. The molecule has 0 bridgehead atoms. The Labute approximate surface area is 223 Å². The van der Waals surface area contributed by atoms with Crippen LogP contribution in [0.3, 0.4) is 0 Å². The Hall–Kier alpha value is -4.42. The highest BCUT2D eigenvalue weighted by atomic mass is 16.5. The minimum Gasteiger partial charge on any atom is -0.489 e. The smallest absolute Gasteiger partial charge is 0.414 e. The zero-order valence-corrected chi connectivity index (χ0v) is 21.2. The molecule has 4 aromatic carbocycles. The second kappa shape index (κ2) is 15.6. The molecule has 196 valence electrons. The number of nitrogens with one attached hydrogen (secondary N) is 1. The lowest BCUT2D eigenvalue weighted by Crippen LogP contribution is -2.20. The summed E-state index contributed by atoms with van der Waals surface area (Å²) in [5.41, 5.74) is 5.27. The van der Waals surface area contributed by atoms with Crippen molar-refractivity contribution in [1.82, 2.24) is 5.32 Å². The van der Waals surface area contributed by atoms with Gasteiger partial charge in [-0.05, 0) is 60.3 Å². The first-order chi connectivity index (χ1) is 18.5. The van der Waals surface area contributed by atoms with Crippen molar-refractivity contribution in [2.75, 3.05) is 13.1 Å². The Morgan fingerprint density at radius 3 is 1.63 bits per heavy atom. The third kappa shape index (κ3) is 9.91. The molecule has 0 aliphatic rings. The SMILES string of the molecule is O=C(O)C(=O)O.c1ccc(COc2ccc(CCNCCC(c3ccccc3)c3ccccc3)cc2)cc1. The van der Waals surface area contributed by atoms with Crippen molar-refractivity contribution in [1.29, 1.82) is 0 Å². The second-order valence-corrected chi connectivity index (χ2v) is 8.69. The van der Waals surface area contributed by atoms with E-state index in [2.05, 4.69) is 102 Å². The van der Waals surface area contributed by atoms with Crippen LogP contribution in [0.2, 0.25) is 0 Å². The summed E-state index contributed by atoms with van der Waals surface area (Å²) in [5, 5.41) is 18.4. The van der Waals surface area contributed by atoms with Gasteiger partial charge in [0, 0.05) is 5.92 Å². The van der Waals surface area contributed by atoms with Gasteiger partial charge in [-0.3, -0.25) is 0 Å². The van der Waals surface area contributed by atoms with Gasteiger partial charge < -0.3 is 20.3 Å². The Balaban J connectivity index is 0.000000599. The molecular weight excluding hydrogens is 478 g/mol. The van der Waals surface area contributed by atoms with Gasteiger partial charge >= 0.3 is 11.9 Å². The fourth-order valence-electron chi connectivity index (χ4n) is 3.99. The molecule has 6 nitrogen and oxygen atoms in total. The van der Waals surface area contributed by atoms with Crippen molar-refractivity contribution in [3.8, 4) is 5.75 Å². The van der Waals surface area contributed by atoms with E-state index in [1.807, 2.05) is 18.2 Å². The molecule has 0 atom stereocenters. The molecule has 4 aromatic rings. The summed E-state index contributed by atoms with van der Waals surface area (Å²) < 4.78 is 5.88. The van der Waals surface area contributed by atoms with Gasteiger partial charge in [0.25, 0.3) is 0 Å². The highest BCUT2D eigenvalue weighted by Crippen LogP contribution is 2.27. The molecule has 0 saturated heterocycles. The molecule has 0 heterocycles. The minimum atomic E-state index is -1.82. The Morgan fingerprint density at radius 1 is 0.632 bits per heavy atom. The molecule has 0 amide bonds. The lowest BCUT2D eigenvalue weighted by atomic mass is 9.88. The maximum absolute atomic E-state index is 9.10. The summed E-state index contributed by atoms with van der Waals surface area (Å²) in [7, 11) is 0. The number of carboxylic acid groups (broad SMARTS) is 2. The maximum atomic E-state index is 9.10. The molecule has 4 rings (SSSR count). The molecule has 3 N–H and O–H groups in total. The molecule has 0 saturated carbocycles. The molecular formula is C32H33NO5. The number of carbonyl (C=O) groups is 2. The molecule has 38 heavy (non-hydrogen) atoms. The molecule has 0 spiro atoms. The van der Waals surface area contributed by atoms with Gasteiger partial charge in [0.15, 0.2) is 0 Å². The Kier molecular flexibility index (Phi) is 11.6. The Morgan fingerprint density at radius 2 is 1.13 bits per heavy atom. The molecule has 0 aliphatic carbocycles. The third-order valence-corrected chi connectivity index (χ3v) is 5.96. The van der Waals surface area contributed by atoms with E-state index in [-0.39, 0.29) is 0 Å². The predicted molar refractivity (Wildman–Crippen MR) is 148 cm³/mol. The molecule has 0 unspecified atom stereocenters. The average Bonchev–Trinajstić information content (AvgIpc) is 2.96. The maximum Gasteiger partial charge on any atom is 0.414 e. The summed E-state index contributed by atoms with van der Waals surface area (Å²) >= 11 is 0. The van der Waals surface area contributed by atoms with Crippen LogP contribution in [0.25, 0.3) is 0 Å². The van der Waals surface area contributed by atoms with Crippen LogP contribution in [0.5, 0.6) is 5.75 Å². The van der Waals surface area contributed by atoms with Gasteiger partial charge in [-0.25, -0.2) is 9.59 Å². The number of aliphatic carboxylic acids is 2. The van der Waals surface area contributed by atoms with Crippen LogP contribution in [0.1, 0.15) is 34.6 Å². The van der Waals surface area contributed by atoms with Gasteiger partial charge in [-0.2, -0.15) is 0 Å². The van der Waals surface area contributed by atoms with Crippen molar-refractivity contribution >= 4 is 11.9 Å². The van der Waals surface area contributed by atoms with Crippen LogP contribution in [-0.2, 0) is 22.6 Å². The predicted octanol–water partition coefficient (Wildman–Crippen LogP) is 5.78. The second-order valence-electron chi connectivity index (χ2n) is 8.69. The number of ether oxygens (including phenoxy) is 1. The first kappa shape index (κ1) is 28.2. The normalized spacial score (nSPS) is 10.3. The van der Waals surface area contributed by atoms with E-state index in [4.69, 9.17) is 24.5 Å². The minimum absolute atomic E-state index is 0.422. The van der Waals surface area contributed by atoms with Crippen LogP contribution in [0, 0.1) is 0 Å². The monoisotopic (exact) mass is 511 g/mol. The van der Waals surface area contributed by atoms with E-state index in [1.165, 1.54) is 22.3 Å². The zero-order chi connectivity index (χ0) is 27.0. The van der Waals surface area contributed by atoms with Gasteiger partial charge in [0.1, 0.15) is 12.4 Å². The number of benzene rings is 4. The van der Waals surface area contributed by atoms with Crippen molar-refractivity contribution in [3.05, 3.63) is 138 Å². The fraction of sp³-hybridized carbons (Fsp3) is 0.188. The quantitative estimate of drug-likeness (QED) is 0.175. The summed E-state index contributed by atoms with van der Waals surface area (Å²) in [5.74, 6) is -2.31. The van der Waals surface area contributed by atoms with E-state index >= 15 is 0 Å². The first-order valence-corrected chi connectivity index (χ1v) is 12.6. The highest BCUT2D eigenvalue weighted by molar-refractivity contribution is 6.27. The molecule has 6 heteroatoms. The molecule has 0 fully saturated rings. The zero-order valence-electron chi connectivity index (χ0n) is 21.2. The van der Waals surface area contributed by atoms with Crippen molar-refractivity contribution in [2.24, 2.45) is 0 Å². The first-order valence-electron chi connectivity index (χ1n) is 12.6. The average molecular weight is 512 g/mol. The number of hydrogen-bond donors (Lipinski definition) is 3. The number of hydrogen-bond acceptors (Lipinski definition) is 4. The van der Waals surface area contributed by atoms with Gasteiger partial charge in [0.05, 0.1) is 0 Å². The third-order valence-electron chi connectivity index (χ3n) is 5.96. The lowest BCUT2D eigenvalue weighted by molar-refractivity contribution is -0.159. The van der Waals surface area contributed by atoms with E-state index in [0.29, 0.717) is 12.5 Å². The van der Waals surface area contributed by atoms with Gasteiger partial charge in [-0.1, -0.05) is 103 Å². The van der Waals surface area contributed by atoms with Crippen molar-refractivity contribution in [2.45, 2.75) is 25.4 Å². The summed E-state index contributed by atoms with van der Waals surface area (Å²) in [4.78, 5) is 18.2.